The van der Waals surface area contributed by atoms with Crippen LogP contribution in [0, 0.1) is 5.82 Å². The Balaban J connectivity index is 0.000000606. The maximum Gasteiger partial charge on any atom is 0.123 e. The molecule has 0 atom stereocenters. The lowest BCUT2D eigenvalue weighted by molar-refractivity contribution is 0.341. The molecule has 0 saturated heterocycles. The molecule has 0 N–H and O–H groups in total. The fourth-order valence-corrected chi connectivity index (χ4v) is 1.45. The highest BCUT2D eigenvalue weighted by Gasteiger charge is 1.98. The molecule has 0 aromatic heterocycles. The zero-order chi connectivity index (χ0) is 12.0. The molecule has 0 spiro atoms. The summed E-state index contributed by atoms with van der Waals surface area (Å²) >= 11 is 0. The molecule has 2 heteroatoms. The molecule has 2 rings (SSSR count). The molecular weight excluding hydrogens is 203 g/mol. The molecule has 0 aliphatic heterocycles. The van der Waals surface area contributed by atoms with E-state index in [0.29, 0.717) is 6.61 Å². The van der Waals surface area contributed by atoms with Crippen LogP contribution in [0.25, 0.3) is 10.8 Å². The van der Waals surface area contributed by atoms with E-state index in [1.807, 2.05) is 39.0 Å². The van der Waals surface area contributed by atoms with Crippen molar-refractivity contribution in [1.29, 1.82) is 0 Å². The van der Waals surface area contributed by atoms with Gasteiger partial charge in [-0.2, -0.15) is 0 Å². The minimum Gasteiger partial charge on any atom is -0.494 e. The van der Waals surface area contributed by atoms with Crippen LogP contribution in [0.3, 0.4) is 0 Å². The molecule has 2 aromatic rings. The molecule has 0 saturated carbocycles. The Hall–Kier alpha value is -1.57. The normalized spacial score (nSPS) is 9.50. The number of hydrogen-bond donors (Lipinski definition) is 0. The first-order valence-corrected chi connectivity index (χ1v) is 5.61. The first kappa shape index (κ1) is 12.5. The summed E-state index contributed by atoms with van der Waals surface area (Å²) in [6, 6.07) is 10.4. The maximum absolute atomic E-state index is 12.9. The van der Waals surface area contributed by atoms with Crippen molar-refractivity contribution in [2.45, 2.75) is 20.8 Å². The zero-order valence-electron chi connectivity index (χ0n) is 9.96. The predicted octanol–water partition coefficient (Wildman–Crippen LogP) is 4.40. The lowest BCUT2D eigenvalue weighted by Gasteiger charge is -2.04. The van der Waals surface area contributed by atoms with Gasteiger partial charge in [0.15, 0.2) is 0 Å². The van der Waals surface area contributed by atoms with E-state index in [4.69, 9.17) is 4.74 Å². The van der Waals surface area contributed by atoms with Gasteiger partial charge >= 0.3 is 0 Å². The third kappa shape index (κ3) is 2.96. The third-order valence-electron chi connectivity index (χ3n) is 2.08. The van der Waals surface area contributed by atoms with Crippen molar-refractivity contribution in [3.05, 3.63) is 42.2 Å². The van der Waals surface area contributed by atoms with E-state index in [-0.39, 0.29) is 5.82 Å². The number of ether oxygens (including phenoxy) is 1. The summed E-state index contributed by atoms with van der Waals surface area (Å²) in [5.74, 6) is 0.566. The van der Waals surface area contributed by atoms with Gasteiger partial charge in [-0.25, -0.2) is 4.39 Å². The van der Waals surface area contributed by atoms with Gasteiger partial charge < -0.3 is 4.74 Å². The Kier molecular flexibility index (Phi) is 4.77. The molecule has 16 heavy (non-hydrogen) atoms. The van der Waals surface area contributed by atoms with Gasteiger partial charge in [-0.1, -0.05) is 26.0 Å². The molecule has 0 unspecified atom stereocenters. The van der Waals surface area contributed by atoms with Crippen molar-refractivity contribution >= 4 is 10.8 Å². The van der Waals surface area contributed by atoms with Gasteiger partial charge in [-0.3, -0.25) is 0 Å². The van der Waals surface area contributed by atoms with Gasteiger partial charge in [0.25, 0.3) is 0 Å². The molecule has 0 heterocycles. The van der Waals surface area contributed by atoms with Gasteiger partial charge in [0.1, 0.15) is 11.6 Å². The summed E-state index contributed by atoms with van der Waals surface area (Å²) in [5.41, 5.74) is 0. The second kappa shape index (κ2) is 6.11. The highest BCUT2D eigenvalue weighted by Crippen LogP contribution is 2.21. The molecule has 2 aromatic carbocycles. The smallest absolute Gasteiger partial charge is 0.123 e. The van der Waals surface area contributed by atoms with E-state index in [1.165, 1.54) is 12.1 Å². The summed E-state index contributed by atoms with van der Waals surface area (Å²) in [6.45, 7) is 6.55. The van der Waals surface area contributed by atoms with Gasteiger partial charge in [0, 0.05) is 0 Å². The largest absolute Gasteiger partial charge is 0.494 e. The topological polar surface area (TPSA) is 9.23 Å². The van der Waals surface area contributed by atoms with Crippen LogP contribution in [0.1, 0.15) is 20.8 Å². The van der Waals surface area contributed by atoms with Crippen LogP contribution in [-0.2, 0) is 0 Å². The van der Waals surface area contributed by atoms with Crippen LogP contribution >= 0.6 is 0 Å². The number of halogens is 1. The maximum atomic E-state index is 12.9. The SMILES string of the molecule is CC.CCOc1ccc2ccc(F)cc2c1. The lowest BCUT2D eigenvalue weighted by Crippen LogP contribution is -1.90. The Labute approximate surface area is 95.9 Å². The van der Waals surface area contributed by atoms with Crippen LogP contribution < -0.4 is 4.74 Å². The van der Waals surface area contributed by atoms with E-state index < -0.39 is 0 Å². The third-order valence-corrected chi connectivity index (χ3v) is 2.08. The Morgan fingerprint density at radius 3 is 2.38 bits per heavy atom. The van der Waals surface area contributed by atoms with Gasteiger partial charge in [-0.05, 0) is 42.0 Å². The fourth-order valence-electron chi connectivity index (χ4n) is 1.45. The summed E-state index contributed by atoms with van der Waals surface area (Å²) in [4.78, 5) is 0. The average molecular weight is 220 g/mol. The first-order chi connectivity index (χ1) is 7.79. The summed E-state index contributed by atoms with van der Waals surface area (Å²) in [7, 11) is 0. The molecule has 0 fully saturated rings. The second-order valence-electron chi connectivity index (χ2n) is 3.09. The van der Waals surface area contributed by atoms with Crippen LogP contribution in [0.4, 0.5) is 4.39 Å². The van der Waals surface area contributed by atoms with E-state index in [0.717, 1.165) is 16.5 Å². The second-order valence-corrected chi connectivity index (χ2v) is 3.09. The molecule has 1 nitrogen and oxygen atoms in total. The van der Waals surface area contributed by atoms with E-state index >= 15 is 0 Å². The summed E-state index contributed by atoms with van der Waals surface area (Å²) in [5, 5.41) is 1.89. The van der Waals surface area contributed by atoms with Crippen molar-refractivity contribution in [1.82, 2.24) is 0 Å². The summed E-state index contributed by atoms with van der Waals surface area (Å²) < 4.78 is 18.2. The number of fused-ring (bicyclic) bond motifs is 1. The van der Waals surface area contributed by atoms with Crippen molar-refractivity contribution in [3.63, 3.8) is 0 Å². The summed E-state index contributed by atoms with van der Waals surface area (Å²) in [6.07, 6.45) is 0. The zero-order valence-corrected chi connectivity index (χ0v) is 9.96. The highest BCUT2D eigenvalue weighted by molar-refractivity contribution is 5.83. The highest BCUT2D eigenvalue weighted by atomic mass is 19.1. The van der Waals surface area contributed by atoms with E-state index in [1.54, 1.807) is 6.07 Å². The Morgan fingerprint density at radius 2 is 1.69 bits per heavy atom. The average Bonchev–Trinajstić information content (AvgIpc) is 2.31. The number of hydrogen-bond acceptors (Lipinski definition) is 1. The molecule has 0 radical (unpaired) electrons. The van der Waals surface area contributed by atoms with E-state index in [2.05, 4.69) is 0 Å². The Bertz CT molecular complexity index is 451. The monoisotopic (exact) mass is 220 g/mol. The van der Waals surface area contributed by atoms with Crippen molar-refractivity contribution in [2.24, 2.45) is 0 Å². The van der Waals surface area contributed by atoms with Crippen molar-refractivity contribution < 1.29 is 9.13 Å². The van der Waals surface area contributed by atoms with Gasteiger partial charge in [0.2, 0.25) is 0 Å². The lowest BCUT2D eigenvalue weighted by atomic mass is 10.1. The molecule has 0 aliphatic rings. The van der Waals surface area contributed by atoms with Crippen LogP contribution in [0.15, 0.2) is 36.4 Å². The fraction of sp³-hybridized carbons (Fsp3) is 0.286. The minimum absolute atomic E-state index is 0.217. The molecule has 86 valence electrons. The van der Waals surface area contributed by atoms with Crippen molar-refractivity contribution in [3.8, 4) is 5.75 Å². The van der Waals surface area contributed by atoms with E-state index in [9.17, 15) is 4.39 Å². The molecule has 0 amide bonds. The van der Waals surface area contributed by atoms with Crippen molar-refractivity contribution in [2.75, 3.05) is 6.61 Å². The molecule has 0 bridgehead atoms. The minimum atomic E-state index is -0.217. The standard InChI is InChI=1S/C12H11FO.C2H6/c1-2-14-12-6-4-9-3-5-11(13)7-10(9)8-12;1-2/h3-8H,2H2,1H3;1-2H3. The first-order valence-electron chi connectivity index (χ1n) is 5.61. The quantitative estimate of drug-likeness (QED) is 0.728. The van der Waals surface area contributed by atoms with Crippen LogP contribution in [-0.4, -0.2) is 6.61 Å². The van der Waals surface area contributed by atoms with Gasteiger partial charge in [-0.15, -0.1) is 0 Å². The molecule has 0 aliphatic carbocycles. The molecular formula is C14H17FO. The predicted molar refractivity (Wildman–Crippen MR) is 66.4 cm³/mol. The number of benzene rings is 2. The van der Waals surface area contributed by atoms with Gasteiger partial charge in [0.05, 0.1) is 6.61 Å². The van der Waals surface area contributed by atoms with Crippen LogP contribution in [0.2, 0.25) is 0 Å². The Morgan fingerprint density at radius 1 is 1.00 bits per heavy atom. The van der Waals surface area contributed by atoms with Crippen LogP contribution in [0.5, 0.6) is 5.75 Å². The number of rotatable bonds is 2.